The number of carboxylic acid groups (broad SMARTS) is 1. The molecule has 0 aliphatic carbocycles. The summed E-state index contributed by atoms with van der Waals surface area (Å²) in [7, 11) is 0. The number of rotatable bonds is 8. The number of benzene rings is 1. The summed E-state index contributed by atoms with van der Waals surface area (Å²) >= 11 is 0. The fourth-order valence-electron chi connectivity index (χ4n) is 2.40. The maximum absolute atomic E-state index is 12.6. The molecule has 1 heterocycles. The van der Waals surface area contributed by atoms with Crippen LogP contribution in [0.5, 0.6) is 0 Å². The Morgan fingerprint density at radius 2 is 1.68 bits per heavy atom. The van der Waals surface area contributed by atoms with Crippen LogP contribution in [0.3, 0.4) is 0 Å². The minimum Gasteiger partial charge on any atom is -0.480 e. The largest absolute Gasteiger partial charge is 0.480 e. The first-order valence-corrected chi connectivity index (χ1v) is 8.14. The Kier molecular flexibility index (Phi) is 6.80. The third-order valence-corrected chi connectivity index (χ3v) is 3.70. The Labute approximate surface area is 157 Å². The predicted molar refractivity (Wildman–Crippen MR) is 90.3 cm³/mol. The van der Waals surface area contributed by atoms with Gasteiger partial charge in [0.25, 0.3) is 5.91 Å². The van der Waals surface area contributed by atoms with Crippen LogP contribution >= 0.6 is 0 Å². The molecule has 1 aromatic heterocycles. The molecule has 3 N–H and O–H groups in total. The van der Waals surface area contributed by atoms with Gasteiger partial charge in [-0.1, -0.05) is 30.3 Å². The monoisotopic (exact) mass is 398 g/mol. The Morgan fingerprint density at radius 1 is 1.00 bits per heavy atom. The van der Waals surface area contributed by atoms with Crippen LogP contribution in [0, 0.1) is 0 Å². The van der Waals surface area contributed by atoms with Crippen molar-refractivity contribution >= 4 is 17.8 Å². The van der Waals surface area contributed by atoms with Crippen molar-refractivity contribution in [2.45, 2.75) is 31.1 Å². The van der Waals surface area contributed by atoms with Crippen molar-refractivity contribution in [1.82, 2.24) is 10.6 Å². The molecular formula is C18H17F3N2O5. The number of carbonyl (C=O) groups is 3. The topological polar surface area (TPSA) is 109 Å². The van der Waals surface area contributed by atoms with Gasteiger partial charge >= 0.3 is 12.1 Å². The summed E-state index contributed by atoms with van der Waals surface area (Å²) in [6.07, 6.45) is -5.34. The normalized spacial score (nSPS) is 13.4. The fourth-order valence-corrected chi connectivity index (χ4v) is 2.40. The molecule has 150 valence electrons. The van der Waals surface area contributed by atoms with Crippen LogP contribution in [0.2, 0.25) is 0 Å². The molecule has 0 aliphatic rings. The number of hydrogen-bond donors (Lipinski definition) is 3. The number of amides is 2. The molecule has 28 heavy (non-hydrogen) atoms. The van der Waals surface area contributed by atoms with E-state index < -0.39 is 42.5 Å². The summed E-state index contributed by atoms with van der Waals surface area (Å²) in [4.78, 5) is 35.7. The van der Waals surface area contributed by atoms with Crippen molar-refractivity contribution in [2.24, 2.45) is 0 Å². The number of hydrogen-bond acceptors (Lipinski definition) is 4. The van der Waals surface area contributed by atoms with Crippen LogP contribution in [-0.4, -0.2) is 41.2 Å². The molecule has 2 rings (SSSR count). The lowest BCUT2D eigenvalue weighted by atomic mass is 10.0. The fraction of sp³-hybridized carbons (Fsp3) is 0.278. The van der Waals surface area contributed by atoms with Crippen LogP contribution in [0.4, 0.5) is 13.2 Å². The maximum atomic E-state index is 12.6. The van der Waals surface area contributed by atoms with Gasteiger partial charge in [-0.25, -0.2) is 4.79 Å². The number of furan rings is 1. The first-order valence-electron chi connectivity index (χ1n) is 8.14. The number of carboxylic acids is 1. The Balaban J connectivity index is 2.17. The lowest BCUT2D eigenvalue weighted by Crippen LogP contribution is -2.53. The Hall–Kier alpha value is -3.30. The zero-order valence-electron chi connectivity index (χ0n) is 14.4. The molecule has 2 atom stereocenters. The van der Waals surface area contributed by atoms with E-state index in [1.165, 1.54) is 18.4 Å². The molecule has 2 amide bonds. The second-order valence-electron chi connectivity index (χ2n) is 5.91. The molecule has 7 nitrogen and oxygen atoms in total. The molecule has 10 heteroatoms. The van der Waals surface area contributed by atoms with Gasteiger partial charge in [-0.15, -0.1) is 0 Å². The van der Waals surface area contributed by atoms with Crippen molar-refractivity contribution in [1.29, 1.82) is 0 Å². The third-order valence-electron chi connectivity index (χ3n) is 3.70. The van der Waals surface area contributed by atoms with Crippen LogP contribution in [-0.2, 0) is 16.0 Å². The van der Waals surface area contributed by atoms with E-state index in [2.05, 4.69) is 5.32 Å². The van der Waals surface area contributed by atoms with Crippen molar-refractivity contribution in [3.63, 3.8) is 0 Å². The minimum absolute atomic E-state index is 0.0581. The zero-order valence-corrected chi connectivity index (χ0v) is 14.4. The van der Waals surface area contributed by atoms with Crippen molar-refractivity contribution < 1.29 is 37.1 Å². The summed E-state index contributed by atoms with van der Waals surface area (Å²) in [5.74, 6) is -3.75. The smallest absolute Gasteiger partial charge is 0.391 e. The minimum atomic E-state index is -4.79. The zero-order chi connectivity index (χ0) is 20.7. The van der Waals surface area contributed by atoms with Gasteiger partial charge in [0.2, 0.25) is 5.91 Å². The second-order valence-corrected chi connectivity index (χ2v) is 5.91. The van der Waals surface area contributed by atoms with Gasteiger partial charge in [-0.05, 0) is 17.7 Å². The van der Waals surface area contributed by atoms with E-state index in [-0.39, 0.29) is 12.2 Å². The molecule has 2 unspecified atom stereocenters. The number of carbonyl (C=O) groups excluding carboxylic acids is 2. The summed E-state index contributed by atoms with van der Waals surface area (Å²) in [6, 6.07) is 7.71. The molecule has 0 spiro atoms. The highest BCUT2D eigenvalue weighted by Crippen LogP contribution is 2.21. The SMILES string of the molecule is O=C(NC(Cc1ccccc1)C(=O)NC(CC(F)(F)F)C(=O)O)c1ccco1. The van der Waals surface area contributed by atoms with Gasteiger partial charge < -0.3 is 20.2 Å². The van der Waals surface area contributed by atoms with E-state index >= 15 is 0 Å². The molecule has 1 aromatic carbocycles. The lowest BCUT2D eigenvalue weighted by Gasteiger charge is -2.22. The molecular weight excluding hydrogens is 381 g/mol. The van der Waals surface area contributed by atoms with E-state index in [4.69, 9.17) is 9.52 Å². The van der Waals surface area contributed by atoms with Gasteiger partial charge in [0.1, 0.15) is 12.1 Å². The number of halogens is 3. The molecule has 0 aliphatic heterocycles. The van der Waals surface area contributed by atoms with Crippen LogP contribution in [0.1, 0.15) is 22.5 Å². The van der Waals surface area contributed by atoms with Gasteiger partial charge in [0.05, 0.1) is 12.7 Å². The second kappa shape index (κ2) is 9.07. The average Bonchev–Trinajstić information content (AvgIpc) is 3.15. The number of nitrogens with one attached hydrogen (secondary N) is 2. The third kappa shape index (κ3) is 6.45. The molecule has 0 saturated carbocycles. The summed E-state index contributed by atoms with van der Waals surface area (Å²) in [5, 5.41) is 13.2. The van der Waals surface area contributed by atoms with E-state index in [0.29, 0.717) is 5.56 Å². The first-order chi connectivity index (χ1) is 13.2. The van der Waals surface area contributed by atoms with Crippen LogP contribution in [0.15, 0.2) is 53.1 Å². The van der Waals surface area contributed by atoms with Gasteiger partial charge in [0, 0.05) is 6.42 Å². The molecule has 0 radical (unpaired) electrons. The number of alkyl halides is 3. The van der Waals surface area contributed by atoms with Crippen molar-refractivity contribution in [3.05, 3.63) is 60.1 Å². The van der Waals surface area contributed by atoms with Crippen LogP contribution < -0.4 is 10.6 Å². The van der Waals surface area contributed by atoms with Crippen LogP contribution in [0.25, 0.3) is 0 Å². The maximum Gasteiger partial charge on any atom is 0.391 e. The van der Waals surface area contributed by atoms with Gasteiger partial charge in [0.15, 0.2) is 5.76 Å². The average molecular weight is 398 g/mol. The predicted octanol–water partition coefficient (Wildman–Crippen LogP) is 2.14. The Bertz CT molecular complexity index is 806. The van der Waals surface area contributed by atoms with Crippen molar-refractivity contribution in [3.8, 4) is 0 Å². The first kappa shape index (κ1) is 21.0. The Morgan fingerprint density at radius 3 is 2.21 bits per heavy atom. The molecule has 0 saturated heterocycles. The summed E-state index contributed by atoms with van der Waals surface area (Å²) in [6.45, 7) is 0. The molecule has 0 fully saturated rings. The summed E-state index contributed by atoms with van der Waals surface area (Å²) < 4.78 is 42.6. The molecule has 2 aromatic rings. The van der Waals surface area contributed by atoms with E-state index in [0.717, 1.165) is 0 Å². The quantitative estimate of drug-likeness (QED) is 0.631. The molecule has 0 bridgehead atoms. The van der Waals surface area contributed by atoms with Gasteiger partial charge in [-0.3, -0.25) is 9.59 Å². The van der Waals surface area contributed by atoms with Crippen molar-refractivity contribution in [2.75, 3.05) is 0 Å². The van der Waals surface area contributed by atoms with E-state index in [1.54, 1.807) is 30.3 Å². The highest BCUT2D eigenvalue weighted by atomic mass is 19.4. The highest BCUT2D eigenvalue weighted by molar-refractivity contribution is 5.96. The highest BCUT2D eigenvalue weighted by Gasteiger charge is 2.37. The van der Waals surface area contributed by atoms with E-state index in [9.17, 15) is 27.6 Å². The summed E-state index contributed by atoms with van der Waals surface area (Å²) in [5.41, 5.74) is 0.616. The standard InChI is InChI=1S/C18H17F3N2O5/c19-18(20,21)10-13(17(26)27)23-15(24)12(9-11-5-2-1-3-6-11)22-16(25)14-7-4-8-28-14/h1-8,12-13H,9-10H2,(H,22,25)(H,23,24)(H,26,27). The van der Waals surface area contributed by atoms with Gasteiger partial charge in [-0.2, -0.15) is 13.2 Å². The number of aliphatic carboxylic acids is 1. The van der Waals surface area contributed by atoms with E-state index in [1.807, 2.05) is 5.32 Å². The lowest BCUT2D eigenvalue weighted by molar-refractivity contribution is -0.160.